The van der Waals surface area contributed by atoms with E-state index in [1.54, 1.807) is 33.5 Å². The molecule has 7 heteroatoms. The highest BCUT2D eigenvalue weighted by atomic mass is 32.2. The van der Waals surface area contributed by atoms with Crippen molar-refractivity contribution in [2.24, 2.45) is 10.9 Å². The molecule has 0 saturated carbocycles. The smallest absolute Gasteiger partial charge is 0.277 e. The van der Waals surface area contributed by atoms with E-state index in [0.29, 0.717) is 37.0 Å². The van der Waals surface area contributed by atoms with Crippen molar-refractivity contribution in [3.63, 3.8) is 0 Å². The number of sulfonamides is 1. The zero-order valence-corrected chi connectivity index (χ0v) is 18.2. The fourth-order valence-electron chi connectivity index (χ4n) is 3.99. The number of benzene rings is 2. The van der Waals surface area contributed by atoms with E-state index in [-0.39, 0.29) is 10.8 Å². The number of carbonyl (C=O) groups is 1. The second kappa shape index (κ2) is 8.32. The van der Waals surface area contributed by atoms with Gasteiger partial charge in [-0.3, -0.25) is 4.79 Å². The molecular formula is C23H27N3O3S. The van der Waals surface area contributed by atoms with Gasteiger partial charge in [-0.25, -0.2) is 13.4 Å². The summed E-state index contributed by atoms with van der Waals surface area (Å²) in [6, 6.07) is 14.2. The van der Waals surface area contributed by atoms with Crippen LogP contribution in [0.3, 0.4) is 0 Å². The molecule has 0 unspecified atom stereocenters. The van der Waals surface area contributed by atoms with Crippen LogP contribution in [0.2, 0.25) is 0 Å². The summed E-state index contributed by atoms with van der Waals surface area (Å²) in [7, 11) is -3.48. The highest BCUT2D eigenvalue weighted by Gasteiger charge is 2.34. The molecule has 2 aromatic rings. The van der Waals surface area contributed by atoms with E-state index in [2.05, 4.69) is 18.8 Å². The quantitative estimate of drug-likeness (QED) is 0.727. The maximum absolute atomic E-state index is 13.0. The van der Waals surface area contributed by atoms with E-state index in [1.165, 1.54) is 0 Å². The number of hydrogen-bond donors (Lipinski definition) is 0. The Balaban J connectivity index is 1.63. The normalized spacial score (nSPS) is 19.0. The van der Waals surface area contributed by atoms with Gasteiger partial charge in [-0.1, -0.05) is 38.5 Å². The Morgan fingerprint density at radius 1 is 0.967 bits per heavy atom. The molecule has 0 atom stereocenters. The Kier molecular flexibility index (Phi) is 5.75. The van der Waals surface area contributed by atoms with Crippen LogP contribution in [-0.4, -0.2) is 44.0 Å². The minimum absolute atomic E-state index is 0.116. The molecule has 2 aliphatic rings. The van der Waals surface area contributed by atoms with Crippen LogP contribution in [0.1, 0.15) is 38.7 Å². The van der Waals surface area contributed by atoms with Crippen LogP contribution in [0.4, 0.5) is 11.4 Å². The average Bonchev–Trinajstić information content (AvgIpc) is 3.00. The van der Waals surface area contributed by atoms with Crippen molar-refractivity contribution in [1.29, 1.82) is 0 Å². The van der Waals surface area contributed by atoms with Gasteiger partial charge in [-0.15, -0.1) is 0 Å². The first-order valence-electron chi connectivity index (χ1n) is 10.5. The topological polar surface area (TPSA) is 70.0 Å². The number of carbonyl (C=O) groups excluding carboxylic acids is 1. The van der Waals surface area contributed by atoms with Gasteiger partial charge in [0, 0.05) is 25.2 Å². The van der Waals surface area contributed by atoms with Crippen LogP contribution in [0, 0.1) is 5.92 Å². The molecule has 0 N–H and O–H groups in total. The number of rotatable bonds is 5. The van der Waals surface area contributed by atoms with E-state index in [9.17, 15) is 13.2 Å². The third-order valence-corrected chi connectivity index (χ3v) is 7.39. The van der Waals surface area contributed by atoms with E-state index in [4.69, 9.17) is 0 Å². The fraction of sp³-hybridized carbons (Fsp3) is 0.391. The lowest BCUT2D eigenvalue weighted by Crippen LogP contribution is -2.35. The summed E-state index contributed by atoms with van der Waals surface area (Å²) in [4.78, 5) is 19.7. The number of amides is 1. The maximum atomic E-state index is 13.0. The summed E-state index contributed by atoms with van der Waals surface area (Å²) in [5.74, 6) is 0.218. The molecule has 2 heterocycles. The minimum Gasteiger partial charge on any atom is -0.306 e. The third kappa shape index (κ3) is 3.91. The molecular weight excluding hydrogens is 398 g/mol. The monoisotopic (exact) mass is 425 g/mol. The maximum Gasteiger partial charge on any atom is 0.277 e. The Morgan fingerprint density at radius 2 is 1.63 bits per heavy atom. The van der Waals surface area contributed by atoms with Crippen molar-refractivity contribution >= 4 is 33.0 Å². The van der Waals surface area contributed by atoms with E-state index >= 15 is 0 Å². The lowest BCUT2D eigenvalue weighted by molar-refractivity contribution is -0.112. The lowest BCUT2D eigenvalue weighted by Gasteiger charge is -2.25. The van der Waals surface area contributed by atoms with E-state index in [0.717, 1.165) is 30.5 Å². The Hall–Kier alpha value is -2.51. The second-order valence-electron chi connectivity index (χ2n) is 8.25. The highest BCUT2D eigenvalue weighted by Crippen LogP contribution is 2.32. The van der Waals surface area contributed by atoms with Crippen LogP contribution in [-0.2, 0) is 14.8 Å². The number of fused-ring (bicyclic) bond motifs is 1. The number of anilines is 1. The molecule has 0 aromatic heterocycles. The van der Waals surface area contributed by atoms with Gasteiger partial charge >= 0.3 is 0 Å². The number of para-hydroxylation sites is 1. The molecule has 0 spiro atoms. The molecule has 30 heavy (non-hydrogen) atoms. The van der Waals surface area contributed by atoms with E-state index < -0.39 is 10.0 Å². The third-order valence-electron chi connectivity index (χ3n) is 5.48. The average molecular weight is 426 g/mol. The zero-order chi connectivity index (χ0) is 21.3. The van der Waals surface area contributed by atoms with Crippen molar-refractivity contribution in [3.8, 4) is 0 Å². The summed E-state index contributed by atoms with van der Waals surface area (Å²) in [5, 5.41) is 0. The van der Waals surface area contributed by atoms with Crippen LogP contribution in [0.5, 0.6) is 0 Å². The van der Waals surface area contributed by atoms with Gasteiger partial charge in [0.25, 0.3) is 5.91 Å². The summed E-state index contributed by atoms with van der Waals surface area (Å²) < 4.78 is 27.2. The molecule has 1 fully saturated rings. The number of aliphatic imine (C=N–C) groups is 1. The number of nitrogens with zero attached hydrogens (tertiary/aromatic N) is 3. The first kappa shape index (κ1) is 20.8. The first-order valence-corrected chi connectivity index (χ1v) is 11.9. The standard InChI is InChI=1S/C23H27N3O3S/c1-17(2)16-26-21-9-5-4-8-20(21)22(23(26)27)24-18-10-12-19(13-11-18)30(28,29)25-14-6-3-7-15-25/h4-5,8-13,17H,3,6-7,14-16H2,1-2H3. The van der Waals surface area contributed by atoms with Crippen molar-refractivity contribution in [3.05, 3.63) is 54.1 Å². The molecule has 0 bridgehead atoms. The van der Waals surface area contributed by atoms with Gasteiger partial charge in [0.2, 0.25) is 10.0 Å². The summed E-state index contributed by atoms with van der Waals surface area (Å²) >= 11 is 0. The fourth-order valence-corrected chi connectivity index (χ4v) is 5.51. The van der Waals surface area contributed by atoms with Crippen LogP contribution < -0.4 is 4.90 Å². The van der Waals surface area contributed by atoms with Crippen LogP contribution >= 0.6 is 0 Å². The molecule has 4 rings (SSSR count). The molecule has 2 aromatic carbocycles. The van der Waals surface area contributed by atoms with Crippen LogP contribution in [0.25, 0.3) is 0 Å². The first-order chi connectivity index (χ1) is 14.4. The highest BCUT2D eigenvalue weighted by molar-refractivity contribution is 7.89. The van der Waals surface area contributed by atoms with Gasteiger partial charge in [0.15, 0.2) is 0 Å². The summed E-state index contributed by atoms with van der Waals surface area (Å²) in [6.45, 7) is 5.92. The van der Waals surface area contributed by atoms with Crippen LogP contribution in [0.15, 0.2) is 58.4 Å². The largest absolute Gasteiger partial charge is 0.306 e. The molecule has 1 amide bonds. The Morgan fingerprint density at radius 3 is 2.30 bits per heavy atom. The zero-order valence-electron chi connectivity index (χ0n) is 17.4. The van der Waals surface area contributed by atoms with Gasteiger partial charge < -0.3 is 4.90 Å². The predicted octanol–water partition coefficient (Wildman–Crippen LogP) is 3.98. The van der Waals surface area contributed by atoms with E-state index in [1.807, 2.05) is 24.3 Å². The lowest BCUT2D eigenvalue weighted by atomic mass is 10.1. The molecule has 0 aliphatic carbocycles. The molecule has 158 valence electrons. The van der Waals surface area contributed by atoms with Crippen molar-refractivity contribution < 1.29 is 13.2 Å². The van der Waals surface area contributed by atoms with Gasteiger partial charge in [0.05, 0.1) is 16.3 Å². The molecule has 1 saturated heterocycles. The minimum atomic E-state index is -3.48. The summed E-state index contributed by atoms with van der Waals surface area (Å²) in [5.41, 5.74) is 2.66. The van der Waals surface area contributed by atoms with Crippen molar-refractivity contribution in [2.45, 2.75) is 38.0 Å². The molecule has 6 nitrogen and oxygen atoms in total. The SMILES string of the molecule is CC(C)CN1C(=O)C(=Nc2ccc(S(=O)(=O)N3CCCCC3)cc2)c2ccccc21. The number of hydrogen-bond acceptors (Lipinski definition) is 4. The number of piperidine rings is 1. The van der Waals surface area contributed by atoms with Crippen molar-refractivity contribution in [1.82, 2.24) is 4.31 Å². The van der Waals surface area contributed by atoms with Gasteiger partial charge in [0.1, 0.15) is 5.71 Å². The van der Waals surface area contributed by atoms with Gasteiger partial charge in [-0.2, -0.15) is 4.31 Å². The molecule has 0 radical (unpaired) electrons. The Labute approximate surface area is 178 Å². The predicted molar refractivity (Wildman–Crippen MR) is 119 cm³/mol. The Bertz CT molecular complexity index is 1070. The van der Waals surface area contributed by atoms with Gasteiger partial charge in [-0.05, 0) is 49.1 Å². The second-order valence-corrected chi connectivity index (χ2v) is 10.2. The van der Waals surface area contributed by atoms with Crippen molar-refractivity contribution in [2.75, 3.05) is 24.5 Å². The summed E-state index contributed by atoms with van der Waals surface area (Å²) in [6.07, 6.45) is 2.88. The molecule has 2 aliphatic heterocycles.